The molecule has 1 aliphatic heterocycles. The Morgan fingerprint density at radius 1 is 1.19 bits per heavy atom. The molecule has 1 saturated heterocycles. The summed E-state index contributed by atoms with van der Waals surface area (Å²) >= 11 is 6.48. The molecule has 0 radical (unpaired) electrons. The summed E-state index contributed by atoms with van der Waals surface area (Å²) in [5, 5.41) is 12.1. The molecule has 0 saturated carbocycles. The molecule has 1 aromatic carbocycles. The van der Waals surface area contributed by atoms with E-state index >= 15 is 0 Å². The predicted molar refractivity (Wildman–Crippen MR) is 138 cm³/mol. The summed E-state index contributed by atoms with van der Waals surface area (Å²) in [5.74, 6) is 0. The first-order valence-electron chi connectivity index (χ1n) is 12.1. The molecule has 2 aromatic heterocycles. The van der Waals surface area contributed by atoms with Gasteiger partial charge in [0.15, 0.2) is 0 Å². The van der Waals surface area contributed by atoms with Crippen LogP contribution in [0.15, 0.2) is 49.1 Å². The molecule has 3 aromatic rings. The van der Waals surface area contributed by atoms with Crippen LogP contribution in [0.5, 0.6) is 0 Å². The van der Waals surface area contributed by atoms with Gasteiger partial charge in [-0.15, -0.1) is 0 Å². The minimum Gasteiger partial charge on any atom is -0.447 e. The van der Waals surface area contributed by atoms with Gasteiger partial charge in [-0.2, -0.15) is 0 Å². The van der Waals surface area contributed by atoms with Crippen molar-refractivity contribution in [3.8, 4) is 0 Å². The number of aliphatic hydroxyl groups excluding tert-OH is 1. The molecule has 1 amide bonds. The lowest BCUT2D eigenvalue weighted by Gasteiger charge is -2.39. The van der Waals surface area contributed by atoms with Crippen LogP contribution in [0, 0.1) is 0 Å². The highest BCUT2D eigenvalue weighted by molar-refractivity contribution is 6.30. The minimum absolute atomic E-state index is 0.152. The van der Waals surface area contributed by atoms with Crippen molar-refractivity contribution in [2.24, 2.45) is 7.05 Å². The zero-order valence-electron chi connectivity index (χ0n) is 20.6. The first-order valence-corrected chi connectivity index (χ1v) is 12.5. The van der Waals surface area contributed by atoms with E-state index in [9.17, 15) is 9.90 Å². The molecule has 1 N–H and O–H groups in total. The lowest BCUT2D eigenvalue weighted by atomic mass is 9.91. The summed E-state index contributed by atoms with van der Waals surface area (Å²) in [6, 6.07) is 9.58. The smallest absolute Gasteiger partial charge is 0.410 e. The highest BCUT2D eigenvalue weighted by Crippen LogP contribution is 2.44. The molecule has 1 fully saturated rings. The second-order valence-electron chi connectivity index (χ2n) is 9.50. The van der Waals surface area contributed by atoms with Gasteiger partial charge in [-0.05, 0) is 60.4 Å². The van der Waals surface area contributed by atoms with Crippen LogP contribution in [0.2, 0.25) is 5.02 Å². The molecule has 2 atom stereocenters. The molecule has 0 spiro atoms. The largest absolute Gasteiger partial charge is 0.447 e. The van der Waals surface area contributed by atoms with Gasteiger partial charge in [0.05, 0.1) is 36.1 Å². The third-order valence-electron chi connectivity index (χ3n) is 6.76. The third-order valence-corrected chi connectivity index (χ3v) is 7.00. The highest BCUT2D eigenvalue weighted by Gasteiger charge is 2.35. The molecule has 8 nitrogen and oxygen atoms in total. The Labute approximate surface area is 215 Å². The summed E-state index contributed by atoms with van der Waals surface area (Å²) < 4.78 is 7.22. The predicted octanol–water partition coefficient (Wildman–Crippen LogP) is 4.31. The van der Waals surface area contributed by atoms with Crippen molar-refractivity contribution < 1.29 is 14.6 Å². The lowest BCUT2D eigenvalue weighted by Crippen LogP contribution is -2.50. The van der Waals surface area contributed by atoms with Crippen molar-refractivity contribution in [1.29, 1.82) is 0 Å². The summed E-state index contributed by atoms with van der Waals surface area (Å²) in [6.07, 6.45) is 5.83. The second kappa shape index (κ2) is 10.0. The Bertz CT molecular complexity index is 1300. The summed E-state index contributed by atoms with van der Waals surface area (Å²) in [4.78, 5) is 25.5. The van der Waals surface area contributed by atoms with E-state index in [1.54, 1.807) is 23.6 Å². The van der Waals surface area contributed by atoms with E-state index in [-0.39, 0.29) is 18.2 Å². The normalized spacial score (nSPS) is 18.8. The molecule has 36 heavy (non-hydrogen) atoms. The number of benzene rings is 1. The van der Waals surface area contributed by atoms with Gasteiger partial charge in [0.1, 0.15) is 6.10 Å². The molecular weight excluding hydrogens is 478 g/mol. The second-order valence-corrected chi connectivity index (χ2v) is 9.94. The quantitative estimate of drug-likeness (QED) is 0.566. The zero-order chi connectivity index (χ0) is 25.4. The third kappa shape index (κ3) is 4.64. The maximum Gasteiger partial charge on any atom is 0.410 e. The number of amides is 1. The van der Waals surface area contributed by atoms with E-state index in [4.69, 9.17) is 21.3 Å². The van der Waals surface area contributed by atoms with E-state index in [0.717, 1.165) is 28.0 Å². The first kappa shape index (κ1) is 24.5. The number of hydrogen-bond acceptors (Lipinski definition) is 6. The van der Waals surface area contributed by atoms with Crippen molar-refractivity contribution in [1.82, 2.24) is 24.3 Å². The Morgan fingerprint density at radius 3 is 2.67 bits per heavy atom. The van der Waals surface area contributed by atoms with Gasteiger partial charge in [0, 0.05) is 44.4 Å². The van der Waals surface area contributed by atoms with Crippen LogP contribution in [-0.2, 0) is 11.8 Å². The monoisotopic (exact) mass is 507 g/mol. The molecule has 3 heterocycles. The fourth-order valence-electron chi connectivity index (χ4n) is 5.01. The number of pyridine rings is 1. The van der Waals surface area contributed by atoms with E-state index in [0.29, 0.717) is 36.9 Å². The van der Waals surface area contributed by atoms with E-state index in [1.807, 2.05) is 61.9 Å². The number of fused-ring (bicyclic) bond motifs is 2. The number of nitrogens with zero attached hydrogens (tertiary/aromatic N) is 5. The SMILES string of the molecule is CC(C)OC(=O)N1CCN([C@H]2c3ccc(Cl)cc3C([C@@H](O)c3cncn3C)=Cc3cccnc32)CC1. The van der Waals surface area contributed by atoms with E-state index in [1.165, 1.54) is 0 Å². The van der Waals surface area contributed by atoms with Crippen molar-refractivity contribution in [2.75, 3.05) is 26.2 Å². The number of carbonyl (C=O) groups excluding carboxylic acids is 1. The molecule has 0 bridgehead atoms. The average molecular weight is 508 g/mol. The Morgan fingerprint density at radius 2 is 1.97 bits per heavy atom. The van der Waals surface area contributed by atoms with Crippen molar-refractivity contribution in [2.45, 2.75) is 32.1 Å². The molecule has 9 heteroatoms. The number of hydrogen-bond donors (Lipinski definition) is 1. The van der Waals surface area contributed by atoms with Crippen molar-refractivity contribution >= 4 is 29.3 Å². The number of piperazine rings is 1. The first-order chi connectivity index (χ1) is 17.3. The summed E-state index contributed by atoms with van der Waals surface area (Å²) in [7, 11) is 1.86. The molecule has 188 valence electrons. The topological polar surface area (TPSA) is 83.7 Å². The van der Waals surface area contributed by atoms with Gasteiger partial charge in [-0.1, -0.05) is 23.7 Å². The van der Waals surface area contributed by atoms with Gasteiger partial charge < -0.3 is 19.3 Å². The molecule has 5 rings (SSSR count). The van der Waals surface area contributed by atoms with Crippen LogP contribution in [0.25, 0.3) is 11.6 Å². The van der Waals surface area contributed by atoms with Crippen LogP contribution < -0.4 is 0 Å². The fourth-order valence-corrected chi connectivity index (χ4v) is 5.19. The minimum atomic E-state index is -0.899. The Hall–Kier alpha value is -3.20. The van der Waals surface area contributed by atoms with Crippen LogP contribution in [0.4, 0.5) is 4.79 Å². The molecule has 0 unspecified atom stereocenters. The Kier molecular flexibility index (Phi) is 6.83. The molecule has 2 aliphatic rings. The number of aryl methyl sites for hydroxylation is 1. The number of aromatic nitrogens is 3. The van der Waals surface area contributed by atoms with Crippen molar-refractivity contribution in [3.63, 3.8) is 0 Å². The number of rotatable bonds is 4. The number of imidazole rings is 1. The number of ether oxygens (including phenoxy) is 1. The maximum atomic E-state index is 12.5. The lowest BCUT2D eigenvalue weighted by molar-refractivity contribution is 0.0513. The summed E-state index contributed by atoms with van der Waals surface area (Å²) in [6.45, 7) is 6.16. The van der Waals surface area contributed by atoms with Crippen molar-refractivity contribution in [3.05, 3.63) is 82.2 Å². The molecular formula is C27H30ClN5O3. The van der Waals surface area contributed by atoms with Gasteiger partial charge in [-0.25, -0.2) is 9.78 Å². The maximum absolute atomic E-state index is 12.5. The van der Waals surface area contributed by atoms with Crippen LogP contribution >= 0.6 is 11.6 Å². The zero-order valence-corrected chi connectivity index (χ0v) is 21.4. The Balaban J connectivity index is 1.55. The van der Waals surface area contributed by atoms with Crippen LogP contribution in [-0.4, -0.2) is 67.8 Å². The standard InChI is InChI=1S/C27H30ClN5O3/c1-17(2)36-27(35)33-11-9-32(10-12-33)25-20-7-6-19(28)14-21(20)22(13-18-5-4-8-30-24(18)25)26(34)23-15-29-16-31(23)3/h4-8,13-17,25-26,34H,9-12H2,1-3H3/t25-,26+/m0/s1. The number of carbonyl (C=O) groups is 1. The van der Waals surface area contributed by atoms with Crippen LogP contribution in [0.1, 0.15) is 54.1 Å². The van der Waals surface area contributed by atoms with Gasteiger partial charge in [0.25, 0.3) is 0 Å². The van der Waals surface area contributed by atoms with Gasteiger partial charge >= 0.3 is 6.09 Å². The average Bonchev–Trinajstić information content (AvgIpc) is 3.23. The highest BCUT2D eigenvalue weighted by atomic mass is 35.5. The number of halogens is 1. The number of aliphatic hydroxyl groups is 1. The van der Waals surface area contributed by atoms with Gasteiger partial charge in [0.2, 0.25) is 0 Å². The van der Waals surface area contributed by atoms with Gasteiger partial charge in [-0.3, -0.25) is 9.88 Å². The fraction of sp³-hybridized carbons (Fsp3) is 0.370. The molecule has 1 aliphatic carbocycles. The summed E-state index contributed by atoms with van der Waals surface area (Å²) in [5.41, 5.74) is 5.17. The van der Waals surface area contributed by atoms with E-state index < -0.39 is 6.10 Å². The van der Waals surface area contributed by atoms with Crippen LogP contribution in [0.3, 0.4) is 0 Å². The van der Waals surface area contributed by atoms with E-state index in [2.05, 4.69) is 9.88 Å².